The van der Waals surface area contributed by atoms with Gasteiger partial charge in [-0.1, -0.05) is 0 Å². The second-order valence-corrected chi connectivity index (χ2v) is 6.46. The lowest BCUT2D eigenvalue weighted by atomic mass is 10.2. The molecule has 7 heteroatoms. The van der Waals surface area contributed by atoms with E-state index < -0.39 is 38.7 Å². The zero-order valence-electron chi connectivity index (χ0n) is 10.4. The molecule has 0 amide bonds. The minimum absolute atomic E-state index is 0.202. The van der Waals surface area contributed by atoms with E-state index in [9.17, 15) is 17.2 Å². The van der Waals surface area contributed by atoms with Crippen LogP contribution in [0.2, 0.25) is 0 Å². The Morgan fingerprint density at radius 3 is 2.63 bits per heavy atom. The molecular weight excluding hydrogens is 276 g/mol. The van der Waals surface area contributed by atoms with E-state index >= 15 is 0 Å². The van der Waals surface area contributed by atoms with Gasteiger partial charge in [0.15, 0.2) is 5.82 Å². The molecule has 0 aromatic heterocycles. The average Bonchev–Trinajstić information content (AvgIpc) is 2.76. The maximum Gasteiger partial charge on any atom is 0.246 e. The molecule has 1 fully saturated rings. The van der Waals surface area contributed by atoms with E-state index in [4.69, 9.17) is 5.11 Å². The van der Waals surface area contributed by atoms with Crippen molar-refractivity contribution in [3.8, 4) is 0 Å². The fraction of sp³-hybridized carbons (Fsp3) is 0.500. The molecule has 4 nitrogen and oxygen atoms in total. The van der Waals surface area contributed by atoms with Crippen molar-refractivity contribution in [2.45, 2.75) is 37.3 Å². The summed E-state index contributed by atoms with van der Waals surface area (Å²) in [6.45, 7) is 1.20. The summed E-state index contributed by atoms with van der Waals surface area (Å²) >= 11 is 0. The summed E-state index contributed by atoms with van der Waals surface area (Å²) in [6.07, 6.45) is 1.44. The number of benzene rings is 1. The Hall–Kier alpha value is -1.05. The van der Waals surface area contributed by atoms with Crippen LogP contribution in [0.25, 0.3) is 0 Å². The normalized spacial score (nSPS) is 20.9. The predicted molar refractivity (Wildman–Crippen MR) is 64.9 cm³/mol. The van der Waals surface area contributed by atoms with Gasteiger partial charge in [-0.05, 0) is 31.9 Å². The number of aliphatic hydroxyl groups excluding tert-OH is 1. The third-order valence-electron chi connectivity index (χ3n) is 3.39. The molecule has 0 aliphatic carbocycles. The predicted octanol–water partition coefficient (Wildman–Crippen LogP) is 1.63. The minimum atomic E-state index is -3.99. The Balaban J connectivity index is 2.52. The molecule has 0 spiro atoms. The van der Waals surface area contributed by atoms with Crippen LogP contribution in [0.4, 0.5) is 8.78 Å². The van der Waals surface area contributed by atoms with Crippen LogP contribution in [0.3, 0.4) is 0 Å². The summed E-state index contributed by atoms with van der Waals surface area (Å²) in [6, 6.07) is 1.57. The van der Waals surface area contributed by atoms with E-state index in [1.54, 1.807) is 6.92 Å². The Kier molecular flexibility index (Phi) is 3.89. The molecule has 19 heavy (non-hydrogen) atoms. The van der Waals surface area contributed by atoms with Crippen molar-refractivity contribution < 1.29 is 22.3 Å². The smallest absolute Gasteiger partial charge is 0.246 e. The number of sulfonamides is 1. The van der Waals surface area contributed by atoms with Gasteiger partial charge < -0.3 is 5.11 Å². The number of rotatable bonds is 3. The Morgan fingerprint density at radius 2 is 2.11 bits per heavy atom. The van der Waals surface area contributed by atoms with Crippen LogP contribution in [-0.2, 0) is 16.6 Å². The molecule has 1 aliphatic heterocycles. The third kappa shape index (κ3) is 2.37. The van der Waals surface area contributed by atoms with Crippen molar-refractivity contribution in [2.75, 3.05) is 6.54 Å². The van der Waals surface area contributed by atoms with Crippen molar-refractivity contribution in [3.63, 3.8) is 0 Å². The third-order valence-corrected chi connectivity index (χ3v) is 5.42. The average molecular weight is 291 g/mol. The molecule has 106 valence electrons. The van der Waals surface area contributed by atoms with E-state index in [0.717, 1.165) is 25.0 Å². The maximum absolute atomic E-state index is 14.0. The van der Waals surface area contributed by atoms with Gasteiger partial charge in [-0.2, -0.15) is 4.31 Å². The Morgan fingerprint density at radius 1 is 1.42 bits per heavy atom. The molecular formula is C12H15F2NO3S. The van der Waals surface area contributed by atoms with Crippen LogP contribution in [-0.4, -0.2) is 30.4 Å². The first-order valence-corrected chi connectivity index (χ1v) is 7.43. The van der Waals surface area contributed by atoms with E-state index in [-0.39, 0.29) is 6.04 Å². The first-order valence-electron chi connectivity index (χ1n) is 5.99. The number of aliphatic hydroxyl groups is 1. The summed E-state index contributed by atoms with van der Waals surface area (Å²) in [4.78, 5) is -0.577. The molecule has 1 aromatic carbocycles. The fourth-order valence-corrected chi connectivity index (χ4v) is 4.10. The van der Waals surface area contributed by atoms with Gasteiger partial charge in [0, 0.05) is 12.6 Å². The van der Waals surface area contributed by atoms with Crippen molar-refractivity contribution in [2.24, 2.45) is 0 Å². The highest BCUT2D eigenvalue weighted by Gasteiger charge is 2.35. The molecule has 1 atom stereocenters. The lowest BCUT2D eigenvalue weighted by Gasteiger charge is -2.21. The molecule has 1 saturated heterocycles. The standard InChI is InChI=1S/C12H15F2NO3S/c1-8-3-2-6-15(8)19(17,18)11-5-4-10(13)9(7-16)12(11)14/h4-5,8,16H,2-3,6-7H2,1H3. The summed E-state index contributed by atoms with van der Waals surface area (Å²) in [7, 11) is -3.99. The first-order chi connectivity index (χ1) is 8.89. The SMILES string of the molecule is CC1CCCN1S(=O)(=O)c1ccc(F)c(CO)c1F. The van der Waals surface area contributed by atoms with Gasteiger partial charge in [-0.25, -0.2) is 17.2 Å². The van der Waals surface area contributed by atoms with Crippen molar-refractivity contribution in [1.29, 1.82) is 0 Å². The van der Waals surface area contributed by atoms with Crippen LogP contribution >= 0.6 is 0 Å². The van der Waals surface area contributed by atoms with Crippen molar-refractivity contribution in [3.05, 3.63) is 29.3 Å². The van der Waals surface area contributed by atoms with Gasteiger partial charge in [0.1, 0.15) is 10.7 Å². The number of nitrogens with zero attached hydrogens (tertiary/aromatic N) is 1. The quantitative estimate of drug-likeness (QED) is 0.921. The van der Waals surface area contributed by atoms with Gasteiger partial charge in [0.2, 0.25) is 10.0 Å². The maximum atomic E-state index is 14.0. The molecule has 1 aliphatic rings. The lowest BCUT2D eigenvalue weighted by Crippen LogP contribution is -2.34. The number of hydrogen-bond donors (Lipinski definition) is 1. The zero-order valence-corrected chi connectivity index (χ0v) is 11.3. The molecule has 0 bridgehead atoms. The monoisotopic (exact) mass is 291 g/mol. The van der Waals surface area contributed by atoms with E-state index in [1.807, 2.05) is 0 Å². The summed E-state index contributed by atoms with van der Waals surface area (Å²) in [5, 5.41) is 8.92. The van der Waals surface area contributed by atoms with Gasteiger partial charge in [0.05, 0.1) is 12.2 Å². The van der Waals surface area contributed by atoms with Gasteiger partial charge in [-0.15, -0.1) is 0 Å². The lowest BCUT2D eigenvalue weighted by molar-refractivity contribution is 0.267. The number of hydrogen-bond acceptors (Lipinski definition) is 3. The second-order valence-electron chi connectivity index (χ2n) is 4.60. The van der Waals surface area contributed by atoms with Crippen LogP contribution < -0.4 is 0 Å². The fourth-order valence-electron chi connectivity index (χ4n) is 2.31. The van der Waals surface area contributed by atoms with Gasteiger partial charge in [-0.3, -0.25) is 0 Å². The first kappa shape index (κ1) is 14.4. The highest BCUT2D eigenvalue weighted by molar-refractivity contribution is 7.89. The molecule has 2 rings (SSSR count). The largest absolute Gasteiger partial charge is 0.391 e. The summed E-state index contributed by atoms with van der Waals surface area (Å²) < 4.78 is 53.1. The van der Waals surface area contributed by atoms with E-state index in [1.165, 1.54) is 4.31 Å². The van der Waals surface area contributed by atoms with Gasteiger partial charge >= 0.3 is 0 Å². The van der Waals surface area contributed by atoms with E-state index in [0.29, 0.717) is 6.54 Å². The van der Waals surface area contributed by atoms with Crippen molar-refractivity contribution >= 4 is 10.0 Å². The second kappa shape index (κ2) is 5.15. The Labute approximate surface area is 110 Å². The molecule has 1 heterocycles. The molecule has 1 N–H and O–H groups in total. The Bertz CT molecular complexity index is 589. The molecule has 1 unspecified atom stereocenters. The molecule has 1 aromatic rings. The topological polar surface area (TPSA) is 57.6 Å². The van der Waals surface area contributed by atoms with Crippen LogP contribution in [0, 0.1) is 11.6 Å². The molecule has 0 radical (unpaired) electrons. The molecule has 0 saturated carbocycles. The van der Waals surface area contributed by atoms with E-state index in [2.05, 4.69) is 0 Å². The van der Waals surface area contributed by atoms with Crippen LogP contribution in [0.15, 0.2) is 17.0 Å². The summed E-state index contributed by atoms with van der Waals surface area (Å²) in [5.41, 5.74) is -0.618. The highest BCUT2D eigenvalue weighted by Crippen LogP contribution is 2.29. The minimum Gasteiger partial charge on any atom is -0.391 e. The highest BCUT2D eigenvalue weighted by atomic mass is 32.2. The zero-order chi connectivity index (χ0) is 14.2. The van der Waals surface area contributed by atoms with Crippen LogP contribution in [0.5, 0.6) is 0 Å². The van der Waals surface area contributed by atoms with Crippen molar-refractivity contribution in [1.82, 2.24) is 4.31 Å². The number of halogens is 2. The van der Waals surface area contributed by atoms with Gasteiger partial charge in [0.25, 0.3) is 0 Å². The summed E-state index contributed by atoms with van der Waals surface area (Å²) in [5.74, 6) is -2.16. The van der Waals surface area contributed by atoms with Crippen LogP contribution in [0.1, 0.15) is 25.3 Å².